The van der Waals surface area contributed by atoms with Gasteiger partial charge in [0.25, 0.3) is 0 Å². The smallest absolute Gasteiger partial charge is 0.326 e. The Balaban J connectivity index is 2.29. The van der Waals surface area contributed by atoms with E-state index in [1.165, 1.54) is 6.20 Å². The minimum atomic E-state index is -0.812. The fourth-order valence-corrected chi connectivity index (χ4v) is 1.99. The van der Waals surface area contributed by atoms with Crippen LogP contribution in [0.4, 0.5) is 5.69 Å². The molecular formula is C11H11N3O2. The van der Waals surface area contributed by atoms with Crippen molar-refractivity contribution in [3.63, 3.8) is 0 Å². The third kappa shape index (κ3) is 1.82. The molecule has 5 heteroatoms. The van der Waals surface area contributed by atoms with Gasteiger partial charge in [-0.2, -0.15) is 5.26 Å². The molecule has 0 saturated carbocycles. The number of nitriles is 1. The summed E-state index contributed by atoms with van der Waals surface area (Å²) >= 11 is 0. The predicted molar refractivity (Wildman–Crippen MR) is 57.0 cm³/mol. The summed E-state index contributed by atoms with van der Waals surface area (Å²) in [7, 11) is 0. The molecule has 1 aromatic rings. The Morgan fingerprint density at radius 2 is 2.50 bits per heavy atom. The number of carboxylic acids is 1. The van der Waals surface area contributed by atoms with Crippen molar-refractivity contribution in [2.45, 2.75) is 18.9 Å². The van der Waals surface area contributed by atoms with Gasteiger partial charge in [-0.1, -0.05) is 0 Å². The second-order valence-electron chi connectivity index (χ2n) is 3.70. The number of pyridine rings is 1. The molecule has 0 aromatic carbocycles. The highest BCUT2D eigenvalue weighted by atomic mass is 16.4. The van der Waals surface area contributed by atoms with Crippen LogP contribution in [0, 0.1) is 11.3 Å². The third-order valence-electron chi connectivity index (χ3n) is 2.73. The summed E-state index contributed by atoms with van der Waals surface area (Å²) in [5.41, 5.74) is 1.07. The number of carboxylic acid groups (broad SMARTS) is 1. The van der Waals surface area contributed by atoms with E-state index in [2.05, 4.69) is 4.98 Å². The standard InChI is InChI=1S/C11H11N3O2/c12-7-8-6-9(3-4-13-8)14-5-1-2-10(14)11(15)16/h3-4,6,10H,1-2,5H2,(H,15,16). The van der Waals surface area contributed by atoms with Crippen molar-refractivity contribution in [3.05, 3.63) is 24.0 Å². The van der Waals surface area contributed by atoms with Crippen molar-refractivity contribution in [2.75, 3.05) is 11.4 Å². The summed E-state index contributed by atoms with van der Waals surface area (Å²) < 4.78 is 0. The molecule has 2 rings (SSSR count). The topological polar surface area (TPSA) is 77.2 Å². The minimum absolute atomic E-state index is 0.313. The molecule has 1 saturated heterocycles. The van der Waals surface area contributed by atoms with E-state index in [0.717, 1.165) is 12.1 Å². The van der Waals surface area contributed by atoms with Crippen LogP contribution in [0.5, 0.6) is 0 Å². The van der Waals surface area contributed by atoms with Crippen molar-refractivity contribution in [3.8, 4) is 6.07 Å². The van der Waals surface area contributed by atoms with E-state index >= 15 is 0 Å². The van der Waals surface area contributed by atoms with Crippen LogP contribution < -0.4 is 4.90 Å². The number of anilines is 1. The second-order valence-corrected chi connectivity index (χ2v) is 3.70. The fraction of sp³-hybridized carbons (Fsp3) is 0.364. The van der Waals surface area contributed by atoms with E-state index in [9.17, 15) is 4.79 Å². The first-order valence-corrected chi connectivity index (χ1v) is 5.08. The monoisotopic (exact) mass is 217 g/mol. The Labute approximate surface area is 92.9 Å². The van der Waals surface area contributed by atoms with Gasteiger partial charge >= 0.3 is 5.97 Å². The quantitative estimate of drug-likeness (QED) is 0.799. The first-order valence-electron chi connectivity index (χ1n) is 5.08. The van der Waals surface area contributed by atoms with E-state index < -0.39 is 12.0 Å². The van der Waals surface area contributed by atoms with Crippen LogP contribution in [0.1, 0.15) is 18.5 Å². The van der Waals surface area contributed by atoms with Crippen LogP contribution in [0.2, 0.25) is 0 Å². The summed E-state index contributed by atoms with van der Waals surface area (Å²) in [6, 6.07) is 4.84. The number of aromatic nitrogens is 1. The van der Waals surface area contributed by atoms with E-state index in [1.807, 2.05) is 11.0 Å². The number of hydrogen-bond acceptors (Lipinski definition) is 4. The van der Waals surface area contributed by atoms with Crippen molar-refractivity contribution in [1.29, 1.82) is 5.26 Å². The summed E-state index contributed by atoms with van der Waals surface area (Å²) in [5.74, 6) is -0.812. The first kappa shape index (κ1) is 10.4. The minimum Gasteiger partial charge on any atom is -0.480 e. The zero-order valence-corrected chi connectivity index (χ0v) is 8.63. The molecule has 16 heavy (non-hydrogen) atoms. The Morgan fingerprint density at radius 1 is 1.69 bits per heavy atom. The Hall–Kier alpha value is -2.09. The lowest BCUT2D eigenvalue weighted by atomic mass is 10.2. The lowest BCUT2D eigenvalue weighted by Crippen LogP contribution is -2.35. The van der Waals surface area contributed by atoms with Crippen LogP contribution in [0.15, 0.2) is 18.3 Å². The predicted octanol–water partition coefficient (Wildman–Crippen LogP) is 1.01. The molecule has 1 N–H and O–H groups in total. The van der Waals surface area contributed by atoms with Gasteiger partial charge in [-0.05, 0) is 25.0 Å². The third-order valence-corrected chi connectivity index (χ3v) is 2.73. The van der Waals surface area contributed by atoms with Crippen molar-refractivity contribution in [2.24, 2.45) is 0 Å². The summed E-state index contributed by atoms with van der Waals surface area (Å²) in [6.45, 7) is 0.714. The maximum atomic E-state index is 11.0. The average Bonchev–Trinajstić information content (AvgIpc) is 2.78. The molecule has 1 aromatic heterocycles. The highest BCUT2D eigenvalue weighted by Gasteiger charge is 2.30. The van der Waals surface area contributed by atoms with Crippen molar-refractivity contribution >= 4 is 11.7 Å². The van der Waals surface area contributed by atoms with Gasteiger partial charge in [0.2, 0.25) is 0 Å². The van der Waals surface area contributed by atoms with Crippen molar-refractivity contribution in [1.82, 2.24) is 4.98 Å². The maximum Gasteiger partial charge on any atom is 0.326 e. The number of rotatable bonds is 2. The Kier molecular flexibility index (Phi) is 2.73. The van der Waals surface area contributed by atoms with Crippen LogP contribution in [0.25, 0.3) is 0 Å². The molecule has 0 radical (unpaired) electrons. The Morgan fingerprint density at radius 3 is 3.19 bits per heavy atom. The van der Waals surface area contributed by atoms with Crippen LogP contribution in [-0.2, 0) is 4.79 Å². The zero-order chi connectivity index (χ0) is 11.5. The molecule has 0 aliphatic carbocycles. The molecule has 82 valence electrons. The van der Waals surface area contributed by atoms with Gasteiger partial charge in [0.1, 0.15) is 17.8 Å². The fourth-order valence-electron chi connectivity index (χ4n) is 1.99. The normalized spacial score (nSPS) is 19.4. The van der Waals surface area contributed by atoms with Crippen LogP contribution in [0.3, 0.4) is 0 Å². The lowest BCUT2D eigenvalue weighted by molar-refractivity contribution is -0.138. The number of carbonyl (C=O) groups is 1. The van der Waals surface area contributed by atoms with Gasteiger partial charge in [0.15, 0.2) is 0 Å². The molecule has 1 aliphatic heterocycles. The largest absolute Gasteiger partial charge is 0.480 e. The SMILES string of the molecule is N#Cc1cc(N2CCCC2C(=O)O)ccn1. The van der Waals surface area contributed by atoms with Gasteiger partial charge in [-0.25, -0.2) is 9.78 Å². The van der Waals surface area contributed by atoms with Gasteiger partial charge < -0.3 is 10.0 Å². The first-order chi connectivity index (χ1) is 7.72. The molecule has 1 unspecified atom stereocenters. The zero-order valence-electron chi connectivity index (χ0n) is 8.63. The van der Waals surface area contributed by atoms with E-state index in [4.69, 9.17) is 10.4 Å². The highest BCUT2D eigenvalue weighted by molar-refractivity contribution is 5.79. The van der Waals surface area contributed by atoms with Crippen LogP contribution in [-0.4, -0.2) is 28.6 Å². The maximum absolute atomic E-state index is 11.0. The van der Waals surface area contributed by atoms with E-state index in [0.29, 0.717) is 18.7 Å². The van der Waals surface area contributed by atoms with Gasteiger partial charge in [-0.15, -0.1) is 0 Å². The lowest BCUT2D eigenvalue weighted by Gasteiger charge is -2.23. The average molecular weight is 217 g/mol. The molecule has 0 bridgehead atoms. The molecule has 5 nitrogen and oxygen atoms in total. The van der Waals surface area contributed by atoms with Gasteiger partial charge in [0, 0.05) is 18.4 Å². The summed E-state index contributed by atoms with van der Waals surface area (Å²) in [5, 5.41) is 17.8. The summed E-state index contributed by atoms with van der Waals surface area (Å²) in [4.78, 5) is 16.7. The molecule has 1 fully saturated rings. The van der Waals surface area contributed by atoms with Gasteiger partial charge in [-0.3, -0.25) is 0 Å². The molecule has 2 heterocycles. The molecule has 1 aliphatic rings. The molecular weight excluding hydrogens is 206 g/mol. The molecule has 0 spiro atoms. The van der Waals surface area contributed by atoms with E-state index in [1.54, 1.807) is 12.1 Å². The summed E-state index contributed by atoms with van der Waals surface area (Å²) in [6.07, 6.45) is 3.05. The second kappa shape index (κ2) is 4.19. The molecule has 1 atom stereocenters. The number of nitrogens with zero attached hydrogens (tertiary/aromatic N) is 3. The van der Waals surface area contributed by atoms with Gasteiger partial charge in [0.05, 0.1) is 0 Å². The number of hydrogen-bond donors (Lipinski definition) is 1. The highest BCUT2D eigenvalue weighted by Crippen LogP contribution is 2.25. The van der Waals surface area contributed by atoms with E-state index in [-0.39, 0.29) is 0 Å². The van der Waals surface area contributed by atoms with Crippen LogP contribution >= 0.6 is 0 Å². The Bertz CT molecular complexity index is 453. The molecule has 0 amide bonds. The number of aliphatic carboxylic acids is 1. The van der Waals surface area contributed by atoms with Crippen molar-refractivity contribution < 1.29 is 9.90 Å².